The molecule has 0 radical (unpaired) electrons. The Morgan fingerprint density at radius 2 is 2.22 bits per heavy atom. The van der Waals surface area contributed by atoms with Gasteiger partial charge in [-0.3, -0.25) is 19.8 Å². The van der Waals surface area contributed by atoms with Gasteiger partial charge in [0.05, 0.1) is 4.88 Å². The fraction of sp³-hybridized carbons (Fsp3) is 0.125. The predicted molar refractivity (Wildman–Crippen MR) is 109 cm³/mol. The molecule has 27 heavy (non-hydrogen) atoms. The molecule has 0 unspecified atom stereocenters. The Labute approximate surface area is 173 Å². The van der Waals surface area contributed by atoms with Crippen LogP contribution >= 0.6 is 46.9 Å². The summed E-state index contributed by atoms with van der Waals surface area (Å²) in [6, 6.07) is 1.79. The molecular weight excluding hydrogens is 426 g/mol. The number of nitrogens with zero attached hydrogens (tertiary/aromatic N) is 4. The van der Waals surface area contributed by atoms with Crippen LogP contribution in [-0.2, 0) is 9.59 Å². The molecule has 2 amide bonds. The molecule has 1 fully saturated rings. The topological polar surface area (TPSA) is 88.1 Å². The van der Waals surface area contributed by atoms with Crippen LogP contribution in [0.4, 0.5) is 0 Å². The molecule has 0 aromatic carbocycles. The number of carbonyl (C=O) groups excluding carboxylic acids is 2. The van der Waals surface area contributed by atoms with Crippen molar-refractivity contribution in [1.29, 1.82) is 0 Å². The number of thiocarbonyl (C=S) groups is 1. The predicted octanol–water partition coefficient (Wildman–Crippen LogP) is 2.86. The first-order chi connectivity index (χ1) is 12.9. The first-order valence-corrected chi connectivity index (χ1v) is 9.94. The molecular formula is C16H12ClN5O2S3. The summed E-state index contributed by atoms with van der Waals surface area (Å²) < 4.78 is 0.597. The Morgan fingerprint density at radius 1 is 1.44 bits per heavy atom. The van der Waals surface area contributed by atoms with E-state index < -0.39 is 11.8 Å². The quantitative estimate of drug-likeness (QED) is 0.253. The number of amides is 2. The Bertz CT molecular complexity index is 988. The molecule has 0 atom stereocenters. The van der Waals surface area contributed by atoms with E-state index in [4.69, 9.17) is 23.8 Å². The molecule has 3 heterocycles. The Morgan fingerprint density at radius 3 is 2.93 bits per heavy atom. The van der Waals surface area contributed by atoms with Crippen molar-refractivity contribution in [3.05, 3.63) is 46.2 Å². The van der Waals surface area contributed by atoms with Gasteiger partial charge in [-0.25, -0.2) is 15.0 Å². The SMILES string of the molecule is C=CCN1C(=O)/C(=C/c2sc(Sc3nccc(C)n3)nc2Cl)C(=O)NC1=S. The molecule has 1 aliphatic rings. The van der Waals surface area contributed by atoms with Gasteiger partial charge in [0.2, 0.25) is 0 Å². The molecule has 7 nitrogen and oxygen atoms in total. The van der Waals surface area contributed by atoms with Crippen LogP contribution in [0.2, 0.25) is 5.15 Å². The first kappa shape index (κ1) is 19.6. The third-order valence-electron chi connectivity index (χ3n) is 3.31. The van der Waals surface area contributed by atoms with E-state index >= 15 is 0 Å². The summed E-state index contributed by atoms with van der Waals surface area (Å²) >= 11 is 13.7. The second kappa shape index (κ2) is 8.26. The molecule has 2 aromatic heterocycles. The highest BCUT2D eigenvalue weighted by molar-refractivity contribution is 8.00. The van der Waals surface area contributed by atoms with Crippen molar-refractivity contribution in [3.63, 3.8) is 0 Å². The number of aromatic nitrogens is 3. The van der Waals surface area contributed by atoms with Crippen LogP contribution in [0.15, 0.2) is 40.0 Å². The molecule has 0 bridgehead atoms. The summed E-state index contributed by atoms with van der Waals surface area (Å²) in [5, 5.41) is 3.25. The van der Waals surface area contributed by atoms with Crippen molar-refractivity contribution in [3.8, 4) is 0 Å². The average molecular weight is 438 g/mol. The number of carbonyl (C=O) groups is 2. The zero-order valence-electron chi connectivity index (χ0n) is 13.9. The zero-order chi connectivity index (χ0) is 19.6. The molecule has 0 aliphatic carbocycles. The van der Waals surface area contributed by atoms with Crippen molar-refractivity contribution in [2.45, 2.75) is 16.4 Å². The zero-order valence-corrected chi connectivity index (χ0v) is 17.1. The van der Waals surface area contributed by atoms with Gasteiger partial charge in [-0.1, -0.05) is 17.7 Å². The lowest BCUT2D eigenvalue weighted by molar-refractivity contribution is -0.128. The van der Waals surface area contributed by atoms with E-state index in [1.165, 1.54) is 40.2 Å². The molecule has 11 heteroatoms. The van der Waals surface area contributed by atoms with E-state index in [1.54, 1.807) is 12.3 Å². The molecule has 1 N–H and O–H groups in total. The highest BCUT2D eigenvalue weighted by atomic mass is 35.5. The van der Waals surface area contributed by atoms with E-state index in [2.05, 4.69) is 26.8 Å². The van der Waals surface area contributed by atoms with E-state index in [-0.39, 0.29) is 22.4 Å². The van der Waals surface area contributed by atoms with Crippen molar-refractivity contribution in [2.75, 3.05) is 6.54 Å². The summed E-state index contributed by atoms with van der Waals surface area (Å²) in [7, 11) is 0. The lowest BCUT2D eigenvalue weighted by Gasteiger charge is -2.27. The van der Waals surface area contributed by atoms with Gasteiger partial charge < -0.3 is 0 Å². The maximum Gasteiger partial charge on any atom is 0.265 e. The van der Waals surface area contributed by atoms with E-state index in [0.717, 1.165) is 5.69 Å². The Balaban J connectivity index is 1.89. The van der Waals surface area contributed by atoms with Gasteiger partial charge in [0, 0.05) is 18.4 Å². The van der Waals surface area contributed by atoms with Crippen LogP contribution in [-0.4, -0.2) is 43.3 Å². The maximum absolute atomic E-state index is 12.6. The third kappa shape index (κ3) is 4.41. The van der Waals surface area contributed by atoms with Gasteiger partial charge in [-0.05, 0) is 43.0 Å². The van der Waals surface area contributed by atoms with Gasteiger partial charge in [0.1, 0.15) is 10.7 Å². The normalized spacial score (nSPS) is 16.0. The van der Waals surface area contributed by atoms with Gasteiger partial charge in [-0.2, -0.15) is 0 Å². The smallest absolute Gasteiger partial charge is 0.265 e. The van der Waals surface area contributed by atoms with Crippen LogP contribution in [0.25, 0.3) is 6.08 Å². The van der Waals surface area contributed by atoms with E-state index in [9.17, 15) is 9.59 Å². The standard InChI is InChI=1S/C16H12ClN5O2S3/c1-3-6-22-13(24)9(12(23)21-15(22)25)7-10-11(17)20-16(26-10)27-14-18-5-4-8(2)19-14/h3-5,7H,1,6H2,2H3,(H,21,23,25)/b9-7+. The minimum Gasteiger partial charge on any atom is -0.298 e. The number of rotatable bonds is 5. The third-order valence-corrected chi connectivity index (χ3v) is 5.98. The van der Waals surface area contributed by atoms with E-state index in [0.29, 0.717) is 14.4 Å². The second-order valence-corrected chi connectivity index (χ2v) is 8.23. The van der Waals surface area contributed by atoms with E-state index in [1.807, 2.05) is 6.92 Å². The molecule has 0 saturated carbocycles. The summed E-state index contributed by atoms with van der Waals surface area (Å²) in [4.78, 5) is 39.2. The summed E-state index contributed by atoms with van der Waals surface area (Å²) in [6.07, 6.45) is 4.59. The molecule has 2 aromatic rings. The number of nitrogens with one attached hydrogen (secondary N) is 1. The maximum atomic E-state index is 12.6. The largest absolute Gasteiger partial charge is 0.298 e. The average Bonchev–Trinajstić information content (AvgIpc) is 2.94. The van der Waals surface area contributed by atoms with Gasteiger partial charge >= 0.3 is 0 Å². The molecule has 1 saturated heterocycles. The van der Waals surface area contributed by atoms with Crippen LogP contribution < -0.4 is 5.32 Å². The lowest BCUT2D eigenvalue weighted by Crippen LogP contribution is -2.53. The molecule has 3 rings (SSSR count). The Kier molecular flexibility index (Phi) is 6.00. The highest BCUT2D eigenvalue weighted by Gasteiger charge is 2.33. The number of hydrogen-bond donors (Lipinski definition) is 1. The van der Waals surface area contributed by atoms with Crippen molar-refractivity contribution in [1.82, 2.24) is 25.2 Å². The van der Waals surface area contributed by atoms with Crippen LogP contribution in [0.5, 0.6) is 0 Å². The monoisotopic (exact) mass is 437 g/mol. The fourth-order valence-electron chi connectivity index (χ4n) is 2.10. The molecule has 0 spiro atoms. The minimum absolute atomic E-state index is 0.0466. The summed E-state index contributed by atoms with van der Waals surface area (Å²) in [5.74, 6) is -1.09. The number of halogens is 1. The van der Waals surface area contributed by atoms with Crippen molar-refractivity contribution >= 4 is 69.9 Å². The van der Waals surface area contributed by atoms with Crippen molar-refractivity contribution in [2.24, 2.45) is 0 Å². The van der Waals surface area contributed by atoms with Gasteiger partial charge in [0.25, 0.3) is 11.8 Å². The number of aryl methyl sites for hydroxylation is 1. The molecule has 1 aliphatic heterocycles. The second-order valence-electron chi connectivity index (χ2n) is 5.24. The van der Waals surface area contributed by atoms with Gasteiger partial charge in [-0.15, -0.1) is 17.9 Å². The number of thiazole rings is 1. The Hall–Kier alpha value is -2.14. The van der Waals surface area contributed by atoms with Crippen LogP contribution in [0.1, 0.15) is 10.6 Å². The fourth-order valence-corrected chi connectivity index (χ4v) is 4.59. The van der Waals surface area contributed by atoms with Crippen LogP contribution in [0, 0.1) is 6.92 Å². The van der Waals surface area contributed by atoms with Crippen molar-refractivity contribution < 1.29 is 9.59 Å². The first-order valence-electron chi connectivity index (χ1n) is 7.52. The van der Waals surface area contributed by atoms with Crippen LogP contribution in [0.3, 0.4) is 0 Å². The number of hydrogen-bond acceptors (Lipinski definition) is 8. The lowest BCUT2D eigenvalue weighted by atomic mass is 10.1. The molecule has 138 valence electrons. The summed E-state index contributed by atoms with van der Waals surface area (Å²) in [6.45, 7) is 5.64. The minimum atomic E-state index is -0.578. The highest BCUT2D eigenvalue weighted by Crippen LogP contribution is 2.35. The summed E-state index contributed by atoms with van der Waals surface area (Å²) in [5.41, 5.74) is 0.764. The van der Waals surface area contributed by atoms with Gasteiger partial charge in [0.15, 0.2) is 14.6 Å².